The first-order valence-corrected chi connectivity index (χ1v) is 16.2. The van der Waals surface area contributed by atoms with Crippen molar-refractivity contribution in [2.75, 3.05) is 31.2 Å². The number of carbonyl (C=O) groups is 3. The normalized spacial score (nSPS) is 28.3. The van der Waals surface area contributed by atoms with Gasteiger partial charge in [0.15, 0.2) is 0 Å². The van der Waals surface area contributed by atoms with Gasteiger partial charge in [0.2, 0.25) is 17.7 Å². The summed E-state index contributed by atoms with van der Waals surface area (Å²) < 4.78 is 12.3. The Labute approximate surface area is 264 Å². The van der Waals surface area contributed by atoms with Crippen molar-refractivity contribution in [2.45, 2.75) is 82.1 Å². The van der Waals surface area contributed by atoms with Crippen LogP contribution in [0.5, 0.6) is 5.75 Å². The summed E-state index contributed by atoms with van der Waals surface area (Å²) in [4.78, 5) is 48.2. The molecule has 3 heterocycles. The molecule has 3 fully saturated rings. The summed E-state index contributed by atoms with van der Waals surface area (Å²) in [7, 11) is 0. The Hall–Kier alpha value is -2.69. The minimum atomic E-state index is -1.22. The average Bonchev–Trinajstić information content (AvgIpc) is 3.56. The van der Waals surface area contributed by atoms with Crippen LogP contribution in [0, 0.1) is 17.8 Å². The first-order chi connectivity index (χ1) is 20.5. The fourth-order valence-electron chi connectivity index (χ4n) is 7.21. The van der Waals surface area contributed by atoms with Crippen molar-refractivity contribution in [1.82, 2.24) is 9.80 Å². The van der Waals surface area contributed by atoms with Gasteiger partial charge in [0.25, 0.3) is 0 Å². The van der Waals surface area contributed by atoms with Crippen molar-refractivity contribution < 1.29 is 29.0 Å². The Morgan fingerprint density at radius 1 is 1.16 bits per heavy atom. The molecule has 1 aromatic rings. The lowest BCUT2D eigenvalue weighted by Crippen LogP contribution is -2.60. The van der Waals surface area contributed by atoms with E-state index in [1.165, 1.54) is 0 Å². The van der Waals surface area contributed by atoms with E-state index in [0.29, 0.717) is 37.4 Å². The second kappa shape index (κ2) is 13.5. The van der Waals surface area contributed by atoms with E-state index in [9.17, 15) is 19.5 Å². The third kappa shape index (κ3) is 5.90. The zero-order valence-electron chi connectivity index (χ0n) is 25.9. The number of aliphatic hydroxyl groups excluding tert-OH is 1. The highest BCUT2D eigenvalue weighted by Crippen LogP contribution is 2.61. The Morgan fingerprint density at radius 2 is 1.81 bits per heavy atom. The highest BCUT2D eigenvalue weighted by Gasteiger charge is 2.77. The largest absolute Gasteiger partial charge is 0.494 e. The fourth-order valence-corrected chi connectivity index (χ4v) is 8.16. The van der Waals surface area contributed by atoms with E-state index in [-0.39, 0.29) is 47.7 Å². The maximum absolute atomic E-state index is 14.6. The maximum atomic E-state index is 14.6. The molecule has 1 spiro atoms. The molecular formula is C33H46BrN3O6. The zero-order valence-corrected chi connectivity index (χ0v) is 27.5. The third-order valence-electron chi connectivity index (χ3n) is 8.86. The first kappa shape index (κ1) is 33.2. The van der Waals surface area contributed by atoms with Crippen LogP contribution in [0.3, 0.4) is 0 Å². The van der Waals surface area contributed by atoms with Crippen molar-refractivity contribution in [1.29, 1.82) is 0 Å². The predicted molar refractivity (Wildman–Crippen MR) is 170 cm³/mol. The molecule has 0 aromatic heterocycles. The molecular weight excluding hydrogens is 614 g/mol. The number of rotatable bonds is 14. The van der Waals surface area contributed by atoms with Gasteiger partial charge in [-0.1, -0.05) is 41.9 Å². The number of hydrogen-bond acceptors (Lipinski definition) is 6. The number of carbonyl (C=O) groups excluding carboxylic acids is 3. The number of amides is 3. The lowest BCUT2D eigenvalue weighted by molar-refractivity contribution is -0.152. The molecule has 3 amide bonds. The summed E-state index contributed by atoms with van der Waals surface area (Å²) in [6.07, 6.45) is 3.63. The molecule has 43 heavy (non-hydrogen) atoms. The van der Waals surface area contributed by atoms with Crippen LogP contribution in [-0.4, -0.2) is 93.6 Å². The molecule has 0 radical (unpaired) electrons. The Balaban J connectivity index is 1.81. The van der Waals surface area contributed by atoms with Crippen LogP contribution in [0.4, 0.5) is 5.69 Å². The van der Waals surface area contributed by atoms with Crippen LogP contribution in [-0.2, 0) is 19.1 Å². The molecule has 10 heteroatoms. The molecule has 3 aliphatic heterocycles. The summed E-state index contributed by atoms with van der Waals surface area (Å²) in [6, 6.07) is 5.52. The molecule has 4 rings (SSSR count). The highest BCUT2D eigenvalue weighted by atomic mass is 79.9. The van der Waals surface area contributed by atoms with Gasteiger partial charge in [0.1, 0.15) is 17.4 Å². The van der Waals surface area contributed by atoms with Gasteiger partial charge in [-0.05, 0) is 63.8 Å². The smallest absolute Gasteiger partial charge is 0.248 e. The minimum absolute atomic E-state index is 0.158. The second-order valence-electron chi connectivity index (χ2n) is 12.4. The van der Waals surface area contributed by atoms with Crippen LogP contribution in [0.1, 0.15) is 47.5 Å². The Kier molecular flexibility index (Phi) is 10.4. The van der Waals surface area contributed by atoms with Crippen molar-refractivity contribution in [2.24, 2.45) is 17.8 Å². The topological polar surface area (TPSA) is 99.6 Å². The van der Waals surface area contributed by atoms with E-state index in [4.69, 9.17) is 9.47 Å². The Bertz CT molecular complexity index is 1210. The number of benzene rings is 1. The van der Waals surface area contributed by atoms with Gasteiger partial charge in [0, 0.05) is 29.6 Å². The molecule has 3 aliphatic rings. The van der Waals surface area contributed by atoms with E-state index < -0.39 is 35.6 Å². The van der Waals surface area contributed by atoms with E-state index in [1.54, 1.807) is 26.9 Å². The number of nitrogens with zero attached hydrogens (tertiary/aromatic N) is 3. The number of likely N-dealkylation sites (tertiary alicyclic amines) is 1. The van der Waals surface area contributed by atoms with Crippen LogP contribution >= 0.6 is 15.9 Å². The van der Waals surface area contributed by atoms with Crippen LogP contribution in [0.15, 0.2) is 49.6 Å². The monoisotopic (exact) mass is 659 g/mol. The molecule has 1 N–H and O–H groups in total. The second-order valence-corrected chi connectivity index (χ2v) is 13.6. The molecule has 3 saturated heterocycles. The van der Waals surface area contributed by atoms with E-state index in [1.807, 2.05) is 58.9 Å². The standard InChI is InChI=1S/C33H46BrN3O6/c1-8-15-35(21(6)7)32(41)29-33-18-25(34)28(43-33)26(27(33)31(40)37(29)23(19-38)17-20(4)5)30(39)36(16-9-2)22-11-13-24(14-12-22)42-10-3/h8-9,11-14,20-21,23,25-29,38H,1-2,10,15-19H2,3-7H3/t23-,25?,26-,27+,28-,29?,33?/m1/s1. The molecule has 3 unspecified atom stereocenters. The van der Waals surface area contributed by atoms with Gasteiger partial charge in [-0.2, -0.15) is 0 Å². The molecule has 1 aromatic carbocycles. The lowest BCUT2D eigenvalue weighted by atomic mass is 9.70. The van der Waals surface area contributed by atoms with Crippen molar-refractivity contribution in [3.63, 3.8) is 0 Å². The zero-order chi connectivity index (χ0) is 31.6. The van der Waals surface area contributed by atoms with Gasteiger partial charge in [0.05, 0.1) is 37.2 Å². The highest BCUT2D eigenvalue weighted by molar-refractivity contribution is 9.09. The van der Waals surface area contributed by atoms with Gasteiger partial charge in [-0.25, -0.2) is 0 Å². The third-order valence-corrected chi connectivity index (χ3v) is 9.71. The summed E-state index contributed by atoms with van der Waals surface area (Å²) in [5.74, 6) is -1.68. The van der Waals surface area contributed by atoms with E-state index >= 15 is 0 Å². The number of alkyl halides is 1. The van der Waals surface area contributed by atoms with Crippen LogP contribution in [0.2, 0.25) is 0 Å². The molecule has 236 valence electrons. The maximum Gasteiger partial charge on any atom is 0.248 e. The summed E-state index contributed by atoms with van der Waals surface area (Å²) in [6.45, 7) is 18.3. The summed E-state index contributed by atoms with van der Waals surface area (Å²) in [5, 5.41) is 10.5. The van der Waals surface area contributed by atoms with Gasteiger partial charge in [-0.3, -0.25) is 14.4 Å². The van der Waals surface area contributed by atoms with Crippen LogP contribution in [0.25, 0.3) is 0 Å². The fraction of sp³-hybridized carbons (Fsp3) is 0.606. The van der Waals surface area contributed by atoms with Gasteiger partial charge in [-0.15, -0.1) is 13.2 Å². The van der Waals surface area contributed by atoms with Crippen LogP contribution < -0.4 is 9.64 Å². The summed E-state index contributed by atoms with van der Waals surface area (Å²) >= 11 is 3.76. The minimum Gasteiger partial charge on any atom is -0.494 e. The van der Waals surface area contributed by atoms with E-state index in [0.717, 1.165) is 0 Å². The quantitative estimate of drug-likeness (QED) is 0.238. The number of fused-ring (bicyclic) bond motifs is 1. The summed E-state index contributed by atoms with van der Waals surface area (Å²) in [5.41, 5.74) is -0.568. The molecule has 2 bridgehead atoms. The molecule has 0 saturated carbocycles. The van der Waals surface area contributed by atoms with Crippen molar-refractivity contribution in [3.05, 3.63) is 49.6 Å². The number of anilines is 1. The SMILES string of the molecule is C=CCN(C(=O)[C@H]1[C@@H]2OC3(CC2Br)C(C(=O)N(CC=C)C(C)C)N([C@@H](CO)CC(C)C)C(=O)[C@H]13)c1ccc(OCC)cc1. The number of halogens is 1. The van der Waals surface area contributed by atoms with Gasteiger partial charge >= 0.3 is 0 Å². The Morgan fingerprint density at radius 3 is 2.35 bits per heavy atom. The molecule has 9 nitrogen and oxygen atoms in total. The molecule has 0 aliphatic carbocycles. The predicted octanol–water partition coefficient (Wildman–Crippen LogP) is 4.18. The average molecular weight is 661 g/mol. The molecule has 7 atom stereocenters. The number of hydrogen-bond donors (Lipinski definition) is 1. The number of aliphatic hydroxyl groups is 1. The number of ether oxygens (including phenoxy) is 2. The van der Waals surface area contributed by atoms with E-state index in [2.05, 4.69) is 29.1 Å². The van der Waals surface area contributed by atoms with Crippen molar-refractivity contribution >= 4 is 39.3 Å². The van der Waals surface area contributed by atoms with Gasteiger partial charge < -0.3 is 29.3 Å². The first-order valence-electron chi connectivity index (χ1n) is 15.3. The lowest BCUT2D eigenvalue weighted by Gasteiger charge is -2.40. The van der Waals surface area contributed by atoms with Crippen molar-refractivity contribution in [3.8, 4) is 5.75 Å².